The van der Waals surface area contributed by atoms with Crippen LogP contribution in [0.2, 0.25) is 0 Å². The Balaban J connectivity index is 1.84. The number of ketones is 2. The summed E-state index contributed by atoms with van der Waals surface area (Å²) in [6.45, 7) is 3.79. The van der Waals surface area contributed by atoms with Crippen LogP contribution in [0.5, 0.6) is 0 Å². The standard InChI is InChI=1S/C22H20O3/c1-3-14-9-10-16(15-7-5-4-6-8-15)13-17(14)19-20(23)18-11-12-22(2,25-18)21(19)24/h4-13,18-19H,3H2,1-2H3/t18-,19?,22+/m0/s1. The summed E-state index contributed by atoms with van der Waals surface area (Å²) in [4.78, 5) is 25.9. The first-order valence-corrected chi connectivity index (χ1v) is 8.67. The summed E-state index contributed by atoms with van der Waals surface area (Å²) in [5.41, 5.74) is 2.96. The van der Waals surface area contributed by atoms with E-state index in [2.05, 4.69) is 6.07 Å². The van der Waals surface area contributed by atoms with Gasteiger partial charge in [0.2, 0.25) is 0 Å². The second-order valence-electron chi connectivity index (χ2n) is 6.84. The molecule has 3 atom stereocenters. The van der Waals surface area contributed by atoms with E-state index < -0.39 is 17.6 Å². The van der Waals surface area contributed by atoms with E-state index in [0.29, 0.717) is 0 Å². The Morgan fingerprint density at radius 2 is 1.80 bits per heavy atom. The van der Waals surface area contributed by atoms with Crippen LogP contribution in [0.4, 0.5) is 0 Å². The molecule has 0 N–H and O–H groups in total. The van der Waals surface area contributed by atoms with Crippen molar-refractivity contribution in [1.82, 2.24) is 0 Å². The third-order valence-electron chi connectivity index (χ3n) is 5.22. The molecule has 0 saturated carbocycles. The molecule has 1 unspecified atom stereocenters. The maximum Gasteiger partial charge on any atom is 0.183 e. The van der Waals surface area contributed by atoms with Crippen LogP contribution in [-0.2, 0) is 20.7 Å². The predicted octanol–water partition coefficient (Wildman–Crippen LogP) is 3.87. The number of rotatable bonds is 3. The largest absolute Gasteiger partial charge is 0.348 e. The highest BCUT2D eigenvalue weighted by Gasteiger charge is 2.53. The number of hydrogen-bond acceptors (Lipinski definition) is 3. The molecule has 0 amide bonds. The molecule has 0 aromatic heterocycles. The van der Waals surface area contributed by atoms with Gasteiger partial charge >= 0.3 is 0 Å². The first-order valence-electron chi connectivity index (χ1n) is 8.67. The smallest absolute Gasteiger partial charge is 0.183 e. The van der Waals surface area contributed by atoms with Crippen molar-refractivity contribution in [2.75, 3.05) is 0 Å². The van der Waals surface area contributed by atoms with E-state index in [9.17, 15) is 9.59 Å². The Morgan fingerprint density at radius 1 is 1.04 bits per heavy atom. The van der Waals surface area contributed by atoms with Gasteiger partial charge < -0.3 is 4.74 Å². The van der Waals surface area contributed by atoms with Gasteiger partial charge in [0, 0.05) is 0 Å². The lowest BCUT2D eigenvalue weighted by atomic mass is 9.78. The third-order valence-corrected chi connectivity index (χ3v) is 5.22. The number of hydrogen-bond donors (Lipinski definition) is 0. The highest BCUT2D eigenvalue weighted by Crippen LogP contribution is 2.40. The van der Waals surface area contributed by atoms with Crippen LogP contribution < -0.4 is 0 Å². The van der Waals surface area contributed by atoms with Crippen LogP contribution in [-0.4, -0.2) is 23.3 Å². The van der Waals surface area contributed by atoms with Gasteiger partial charge in [-0.2, -0.15) is 0 Å². The number of ether oxygens (including phenoxy) is 1. The molecule has 1 saturated heterocycles. The van der Waals surface area contributed by atoms with Crippen molar-refractivity contribution in [2.24, 2.45) is 0 Å². The molecule has 2 bridgehead atoms. The van der Waals surface area contributed by atoms with E-state index in [0.717, 1.165) is 28.7 Å². The zero-order valence-electron chi connectivity index (χ0n) is 14.4. The second-order valence-corrected chi connectivity index (χ2v) is 6.84. The zero-order chi connectivity index (χ0) is 17.6. The minimum Gasteiger partial charge on any atom is -0.348 e. The average Bonchev–Trinajstić information content (AvgIpc) is 3.02. The summed E-state index contributed by atoms with van der Waals surface area (Å²) >= 11 is 0. The lowest BCUT2D eigenvalue weighted by Gasteiger charge is -2.34. The van der Waals surface area contributed by atoms with Gasteiger partial charge in [0.15, 0.2) is 11.6 Å². The quantitative estimate of drug-likeness (QED) is 0.633. The number of benzene rings is 2. The van der Waals surface area contributed by atoms with Gasteiger partial charge in [-0.25, -0.2) is 0 Å². The minimum atomic E-state index is -0.989. The van der Waals surface area contributed by atoms with Gasteiger partial charge in [-0.05, 0) is 53.8 Å². The first-order chi connectivity index (χ1) is 12.0. The summed E-state index contributed by atoms with van der Waals surface area (Å²) in [5.74, 6) is -1.07. The normalized spacial score (nSPS) is 27.8. The Hall–Kier alpha value is -2.52. The molecule has 0 radical (unpaired) electrons. The van der Waals surface area contributed by atoms with Crippen molar-refractivity contribution >= 4 is 11.6 Å². The molecule has 0 spiro atoms. The van der Waals surface area contributed by atoms with E-state index in [1.165, 1.54) is 0 Å². The Kier molecular flexibility index (Phi) is 3.69. The number of fused-ring (bicyclic) bond motifs is 2. The van der Waals surface area contributed by atoms with Crippen molar-refractivity contribution < 1.29 is 14.3 Å². The van der Waals surface area contributed by atoms with Crippen LogP contribution in [0.3, 0.4) is 0 Å². The lowest BCUT2D eigenvalue weighted by Crippen LogP contribution is -2.49. The highest BCUT2D eigenvalue weighted by molar-refractivity contribution is 6.16. The second kappa shape index (κ2) is 5.78. The molecule has 126 valence electrons. The van der Waals surface area contributed by atoms with Gasteiger partial charge in [0.05, 0.1) is 0 Å². The van der Waals surface area contributed by atoms with E-state index in [-0.39, 0.29) is 11.6 Å². The fourth-order valence-electron chi connectivity index (χ4n) is 3.78. The van der Waals surface area contributed by atoms with Crippen molar-refractivity contribution in [1.29, 1.82) is 0 Å². The van der Waals surface area contributed by atoms with Crippen LogP contribution in [0.15, 0.2) is 60.7 Å². The van der Waals surface area contributed by atoms with Crippen molar-refractivity contribution in [3.05, 3.63) is 71.8 Å². The summed E-state index contributed by atoms with van der Waals surface area (Å²) < 4.78 is 5.64. The highest BCUT2D eigenvalue weighted by atomic mass is 16.5. The molecule has 3 nitrogen and oxygen atoms in total. The maximum absolute atomic E-state index is 13.0. The molecule has 25 heavy (non-hydrogen) atoms. The van der Waals surface area contributed by atoms with E-state index >= 15 is 0 Å². The van der Waals surface area contributed by atoms with E-state index in [1.807, 2.05) is 49.4 Å². The number of carbonyl (C=O) groups is 2. The van der Waals surface area contributed by atoms with E-state index in [4.69, 9.17) is 4.74 Å². The SMILES string of the molecule is CCc1ccc(-c2ccccc2)cc1C1C(=O)[C@@H]2C=C[C@@](C)(O2)C1=O. The van der Waals surface area contributed by atoms with Crippen LogP contribution in [0, 0.1) is 0 Å². The monoisotopic (exact) mass is 332 g/mol. The molecule has 2 aliphatic heterocycles. The molecule has 3 heteroatoms. The van der Waals surface area contributed by atoms with Crippen LogP contribution in [0.25, 0.3) is 11.1 Å². The fraction of sp³-hybridized carbons (Fsp3) is 0.273. The summed E-state index contributed by atoms with van der Waals surface area (Å²) in [7, 11) is 0. The molecule has 2 aromatic rings. The van der Waals surface area contributed by atoms with Gasteiger partial charge in [-0.15, -0.1) is 0 Å². The summed E-state index contributed by atoms with van der Waals surface area (Å²) in [6.07, 6.45) is 3.60. The fourth-order valence-corrected chi connectivity index (χ4v) is 3.78. The minimum absolute atomic E-state index is 0.156. The summed E-state index contributed by atoms with van der Waals surface area (Å²) in [6, 6.07) is 16.1. The van der Waals surface area contributed by atoms with E-state index in [1.54, 1.807) is 19.1 Å². The first kappa shape index (κ1) is 16.0. The molecule has 1 fully saturated rings. The molecule has 2 aromatic carbocycles. The van der Waals surface area contributed by atoms with Crippen LogP contribution in [0.1, 0.15) is 30.9 Å². The van der Waals surface area contributed by atoms with Gasteiger partial charge in [0.25, 0.3) is 0 Å². The maximum atomic E-state index is 13.0. The molecule has 2 aliphatic rings. The Labute approximate surface area is 147 Å². The number of carbonyl (C=O) groups excluding carboxylic acids is 2. The molecular weight excluding hydrogens is 312 g/mol. The topological polar surface area (TPSA) is 43.4 Å². The Morgan fingerprint density at radius 3 is 2.52 bits per heavy atom. The predicted molar refractivity (Wildman–Crippen MR) is 96.4 cm³/mol. The number of Topliss-reactive ketones (excluding diaryl/α,β-unsaturated/α-hetero) is 2. The van der Waals surface area contributed by atoms with Crippen molar-refractivity contribution in [3.63, 3.8) is 0 Å². The van der Waals surface area contributed by atoms with Gasteiger partial charge in [-0.1, -0.05) is 49.4 Å². The summed E-state index contributed by atoms with van der Waals surface area (Å²) in [5, 5.41) is 0. The molecule has 2 heterocycles. The molecule has 4 rings (SSSR count). The molecule has 0 aliphatic carbocycles. The number of aryl methyl sites for hydroxylation is 1. The lowest BCUT2D eigenvalue weighted by molar-refractivity contribution is -0.157. The average molecular weight is 332 g/mol. The van der Waals surface area contributed by atoms with Crippen LogP contribution >= 0.6 is 0 Å². The van der Waals surface area contributed by atoms with Gasteiger partial charge in [-0.3, -0.25) is 9.59 Å². The van der Waals surface area contributed by atoms with Crippen molar-refractivity contribution in [2.45, 2.75) is 37.9 Å². The van der Waals surface area contributed by atoms with Crippen molar-refractivity contribution in [3.8, 4) is 11.1 Å². The Bertz CT molecular complexity index is 881. The zero-order valence-corrected chi connectivity index (χ0v) is 14.4. The third kappa shape index (κ3) is 2.47. The van der Waals surface area contributed by atoms with Gasteiger partial charge in [0.1, 0.15) is 17.6 Å². The molecular formula is C22H20O3.